The normalized spacial score (nSPS) is 36.2. The van der Waals surface area contributed by atoms with Crippen LogP contribution in [0.4, 0.5) is 0 Å². The van der Waals surface area contributed by atoms with Gasteiger partial charge in [0.05, 0.1) is 6.10 Å². The van der Waals surface area contributed by atoms with Crippen molar-refractivity contribution >= 4 is 5.91 Å². The molecule has 4 aliphatic carbocycles. The third kappa shape index (κ3) is 9.66. The molecule has 9 heteroatoms. The topological polar surface area (TPSA) is 136 Å². The summed E-state index contributed by atoms with van der Waals surface area (Å²) in [5.74, 6) is 3.79. The zero-order valence-corrected chi connectivity index (χ0v) is 30.3. The van der Waals surface area contributed by atoms with Crippen LogP contribution in [0.2, 0.25) is 0 Å². The number of amides is 1. The summed E-state index contributed by atoms with van der Waals surface area (Å²) in [4.78, 5) is 12.4. The van der Waals surface area contributed by atoms with E-state index >= 15 is 0 Å². The molecule has 4 aliphatic rings. The van der Waals surface area contributed by atoms with E-state index in [1.165, 1.54) is 44.9 Å². The number of aliphatic hydroxyl groups excluding tert-OH is 1. The van der Waals surface area contributed by atoms with Crippen LogP contribution in [0, 0.1) is 46.3 Å². The molecule has 10 atom stereocenters. The molecule has 4 saturated carbocycles. The maximum absolute atomic E-state index is 12.4. The highest BCUT2D eigenvalue weighted by molar-refractivity contribution is 5.76. The lowest BCUT2D eigenvalue weighted by molar-refractivity contribution is -0.167. The van der Waals surface area contributed by atoms with Gasteiger partial charge in [-0.15, -0.1) is 0 Å². The molecule has 0 saturated heterocycles. The van der Waals surface area contributed by atoms with Crippen LogP contribution in [0.3, 0.4) is 0 Å². The van der Waals surface area contributed by atoms with Gasteiger partial charge in [0.2, 0.25) is 5.91 Å². The van der Waals surface area contributed by atoms with E-state index in [2.05, 4.69) is 52.7 Å². The van der Waals surface area contributed by atoms with Gasteiger partial charge in [-0.3, -0.25) is 4.79 Å². The van der Waals surface area contributed by atoms with Crippen molar-refractivity contribution in [2.75, 3.05) is 65.4 Å². The fourth-order valence-electron chi connectivity index (χ4n) is 10.8. The summed E-state index contributed by atoms with van der Waals surface area (Å²) in [5.41, 5.74) is 6.15. The van der Waals surface area contributed by atoms with Crippen molar-refractivity contribution in [3.05, 3.63) is 0 Å². The van der Waals surface area contributed by atoms with Crippen LogP contribution in [-0.2, 0) is 4.79 Å². The second-order valence-corrected chi connectivity index (χ2v) is 16.5. The minimum Gasteiger partial charge on any atom is -0.393 e. The van der Waals surface area contributed by atoms with Gasteiger partial charge in [-0.1, -0.05) is 20.8 Å². The third-order valence-corrected chi connectivity index (χ3v) is 13.2. The molecule has 0 heterocycles. The van der Waals surface area contributed by atoms with E-state index in [0.717, 1.165) is 71.7 Å². The molecule has 0 spiro atoms. The maximum Gasteiger partial charge on any atom is 0.220 e. The molecule has 0 bridgehead atoms. The van der Waals surface area contributed by atoms with E-state index in [0.29, 0.717) is 65.3 Å². The van der Waals surface area contributed by atoms with Crippen molar-refractivity contribution < 1.29 is 9.90 Å². The first-order valence-corrected chi connectivity index (χ1v) is 19.3. The quantitative estimate of drug-likeness (QED) is 0.0946. The Morgan fingerprint density at radius 1 is 0.783 bits per heavy atom. The molecule has 268 valence electrons. The SMILES string of the molecule is CC(C)NC(=O)CC[C@@H](C)[C@H]1CCC2C3C(CC[C@@]21C)[C@@]1(C)CC[C@H](NCCNCCNCCNCCNCCN)CC1C[C@@H]3O. The summed E-state index contributed by atoms with van der Waals surface area (Å²) >= 11 is 0. The number of carbonyl (C=O) groups is 1. The lowest BCUT2D eigenvalue weighted by Gasteiger charge is -2.62. The standard InChI is InChI=1S/C37H73N7O2/c1-26(2)44-34(46)9-6-27(3)30-7-8-31-35-32(11-13-37(30,31)5)36(4)12-10-29(24-28(36)25-33(35)45)43-23-22-42-21-20-41-19-18-40-17-16-39-15-14-38/h26-33,35,39-43,45H,6-25,38H2,1-5H3,(H,44,46)/t27-,28?,29+,30-,31?,32?,33+,35?,36+,37-/m1/s1. The molecule has 4 rings (SSSR count). The van der Waals surface area contributed by atoms with Gasteiger partial charge < -0.3 is 42.7 Å². The first kappa shape index (κ1) is 38.0. The molecule has 0 radical (unpaired) electrons. The molecular weight excluding hydrogens is 574 g/mol. The van der Waals surface area contributed by atoms with E-state index < -0.39 is 0 Å². The number of rotatable bonds is 20. The average Bonchev–Trinajstić information content (AvgIpc) is 3.37. The molecule has 46 heavy (non-hydrogen) atoms. The summed E-state index contributed by atoms with van der Waals surface area (Å²) in [6, 6.07) is 0.786. The number of fused-ring (bicyclic) bond motifs is 5. The number of aliphatic hydroxyl groups is 1. The first-order chi connectivity index (χ1) is 22.1. The molecule has 9 N–H and O–H groups in total. The summed E-state index contributed by atoms with van der Waals surface area (Å²) in [6.07, 6.45) is 11.3. The van der Waals surface area contributed by atoms with Crippen LogP contribution in [-0.4, -0.2) is 94.6 Å². The van der Waals surface area contributed by atoms with Crippen LogP contribution in [0.1, 0.15) is 98.8 Å². The van der Waals surface area contributed by atoms with Gasteiger partial charge in [-0.05, 0) is 118 Å². The van der Waals surface area contributed by atoms with Gasteiger partial charge in [0.1, 0.15) is 0 Å². The van der Waals surface area contributed by atoms with E-state index in [1.54, 1.807) is 0 Å². The largest absolute Gasteiger partial charge is 0.393 e. The molecular formula is C37H73N7O2. The van der Waals surface area contributed by atoms with E-state index in [-0.39, 0.29) is 18.1 Å². The summed E-state index contributed by atoms with van der Waals surface area (Å²) in [5, 5.41) is 32.6. The summed E-state index contributed by atoms with van der Waals surface area (Å²) < 4.78 is 0. The number of hydrogen-bond acceptors (Lipinski definition) is 8. The lowest BCUT2D eigenvalue weighted by atomic mass is 9.43. The second kappa shape index (κ2) is 18.3. The first-order valence-electron chi connectivity index (χ1n) is 19.3. The average molecular weight is 648 g/mol. The molecule has 0 aromatic carbocycles. The minimum absolute atomic E-state index is 0.158. The van der Waals surface area contributed by atoms with Gasteiger partial charge in [-0.2, -0.15) is 0 Å². The number of hydrogen-bond donors (Lipinski definition) is 8. The number of nitrogens with one attached hydrogen (secondary N) is 6. The fourth-order valence-corrected chi connectivity index (χ4v) is 10.8. The Kier molecular flexibility index (Phi) is 15.1. The van der Waals surface area contributed by atoms with Crippen LogP contribution < -0.4 is 37.6 Å². The zero-order chi connectivity index (χ0) is 33.2. The van der Waals surface area contributed by atoms with Gasteiger partial charge >= 0.3 is 0 Å². The van der Waals surface area contributed by atoms with Gasteiger partial charge in [-0.25, -0.2) is 0 Å². The van der Waals surface area contributed by atoms with Crippen LogP contribution >= 0.6 is 0 Å². The molecule has 4 fully saturated rings. The van der Waals surface area contributed by atoms with Crippen molar-refractivity contribution in [1.29, 1.82) is 0 Å². The number of carbonyl (C=O) groups excluding carboxylic acids is 1. The molecule has 0 aliphatic heterocycles. The van der Waals surface area contributed by atoms with E-state index in [9.17, 15) is 9.90 Å². The predicted molar refractivity (Wildman–Crippen MR) is 191 cm³/mol. The van der Waals surface area contributed by atoms with Crippen molar-refractivity contribution in [2.24, 2.45) is 52.1 Å². The van der Waals surface area contributed by atoms with Gasteiger partial charge in [0, 0.05) is 84.0 Å². The highest BCUT2D eigenvalue weighted by atomic mass is 16.3. The third-order valence-electron chi connectivity index (χ3n) is 13.2. The van der Waals surface area contributed by atoms with E-state index in [1.807, 2.05) is 13.8 Å². The Bertz CT molecular complexity index is 907. The Balaban J connectivity index is 1.16. The summed E-state index contributed by atoms with van der Waals surface area (Å²) in [7, 11) is 0. The van der Waals surface area contributed by atoms with Crippen LogP contribution in [0.5, 0.6) is 0 Å². The highest BCUT2D eigenvalue weighted by Gasteiger charge is 2.62. The zero-order valence-electron chi connectivity index (χ0n) is 30.3. The van der Waals surface area contributed by atoms with Crippen molar-refractivity contribution in [3.8, 4) is 0 Å². The van der Waals surface area contributed by atoms with Crippen LogP contribution in [0.15, 0.2) is 0 Å². The molecule has 9 nitrogen and oxygen atoms in total. The smallest absolute Gasteiger partial charge is 0.220 e. The lowest BCUT2D eigenvalue weighted by Crippen LogP contribution is -2.59. The van der Waals surface area contributed by atoms with Crippen LogP contribution in [0.25, 0.3) is 0 Å². The summed E-state index contributed by atoms with van der Waals surface area (Å²) in [6.45, 7) is 21.1. The maximum atomic E-state index is 12.4. The Hall–Kier alpha value is -0.810. The van der Waals surface area contributed by atoms with Gasteiger partial charge in [0.15, 0.2) is 0 Å². The minimum atomic E-state index is -0.158. The highest BCUT2D eigenvalue weighted by Crippen LogP contribution is 2.68. The van der Waals surface area contributed by atoms with E-state index in [4.69, 9.17) is 5.73 Å². The Morgan fingerprint density at radius 2 is 1.37 bits per heavy atom. The van der Waals surface area contributed by atoms with Gasteiger partial charge in [0.25, 0.3) is 0 Å². The fraction of sp³-hybridized carbons (Fsp3) is 0.973. The molecule has 0 aromatic rings. The Labute approximate surface area is 281 Å². The van der Waals surface area contributed by atoms with Crippen molar-refractivity contribution in [3.63, 3.8) is 0 Å². The Morgan fingerprint density at radius 3 is 2.00 bits per heavy atom. The second-order valence-electron chi connectivity index (χ2n) is 16.5. The van der Waals surface area contributed by atoms with Crippen molar-refractivity contribution in [2.45, 2.75) is 117 Å². The predicted octanol–water partition coefficient (Wildman–Crippen LogP) is 2.83. The molecule has 1 amide bonds. The van der Waals surface area contributed by atoms with Crippen molar-refractivity contribution in [1.82, 2.24) is 31.9 Å². The monoisotopic (exact) mass is 648 g/mol. The molecule has 0 aromatic heterocycles. The number of nitrogens with two attached hydrogens (primary N) is 1. The molecule has 4 unspecified atom stereocenters.